The molecule has 1 aromatic heterocycles. The topological polar surface area (TPSA) is 75.1 Å². The van der Waals surface area contributed by atoms with E-state index in [1.807, 2.05) is 0 Å². The molecule has 2 aliphatic rings. The summed E-state index contributed by atoms with van der Waals surface area (Å²) in [5.74, 6) is 0.729. The number of aromatic nitrogens is 2. The number of hydrogen-bond acceptors (Lipinski definition) is 4. The predicted molar refractivity (Wildman–Crippen MR) is 122 cm³/mol. The molecule has 0 aliphatic heterocycles. The molecule has 1 heterocycles. The molecule has 5 rings (SSSR count). The molecule has 0 saturated heterocycles. The van der Waals surface area contributed by atoms with Crippen molar-refractivity contribution >= 4 is 11.7 Å². The van der Waals surface area contributed by atoms with Gasteiger partial charge in [-0.05, 0) is 79.6 Å². The van der Waals surface area contributed by atoms with Gasteiger partial charge in [0.1, 0.15) is 17.3 Å². The number of carbonyl (C=O) groups is 1. The molecule has 164 valence electrons. The fourth-order valence-corrected chi connectivity index (χ4v) is 4.86. The zero-order chi connectivity index (χ0) is 22.1. The molecular formula is C26H26FN3O2. The highest BCUT2D eigenvalue weighted by atomic mass is 19.1. The van der Waals surface area contributed by atoms with Crippen molar-refractivity contribution in [2.75, 3.05) is 5.32 Å². The molecule has 0 bridgehead atoms. The monoisotopic (exact) mass is 431 g/mol. The van der Waals surface area contributed by atoms with Crippen molar-refractivity contribution in [3.05, 3.63) is 59.5 Å². The number of hydrogen-bond donors (Lipinski definition) is 2. The summed E-state index contributed by atoms with van der Waals surface area (Å²) in [5.41, 5.74) is 4.62. The van der Waals surface area contributed by atoms with E-state index >= 15 is 0 Å². The zero-order valence-electron chi connectivity index (χ0n) is 17.9. The van der Waals surface area contributed by atoms with Gasteiger partial charge in [0.25, 0.3) is 0 Å². The first-order valence-electron chi connectivity index (χ1n) is 11.4. The Kier molecular flexibility index (Phi) is 5.60. The fraction of sp³-hybridized carbons (Fsp3) is 0.346. The van der Waals surface area contributed by atoms with Gasteiger partial charge in [0.2, 0.25) is 5.91 Å². The van der Waals surface area contributed by atoms with E-state index in [4.69, 9.17) is 9.97 Å². The van der Waals surface area contributed by atoms with Crippen molar-refractivity contribution in [3.63, 3.8) is 0 Å². The van der Waals surface area contributed by atoms with Crippen molar-refractivity contribution < 1.29 is 14.3 Å². The van der Waals surface area contributed by atoms with E-state index in [2.05, 4.69) is 5.32 Å². The first kappa shape index (κ1) is 20.6. The van der Waals surface area contributed by atoms with E-state index in [9.17, 15) is 14.3 Å². The lowest BCUT2D eigenvalue weighted by Gasteiger charge is -2.23. The van der Waals surface area contributed by atoms with Crippen molar-refractivity contribution in [1.29, 1.82) is 0 Å². The third kappa shape index (κ3) is 4.22. The Bertz CT molecular complexity index is 1150. The van der Waals surface area contributed by atoms with Crippen LogP contribution in [0, 0.1) is 11.7 Å². The van der Waals surface area contributed by atoms with Crippen LogP contribution in [0.4, 0.5) is 10.2 Å². The maximum absolute atomic E-state index is 13.7. The minimum atomic E-state index is -0.259. The lowest BCUT2D eigenvalue weighted by Crippen LogP contribution is -2.20. The van der Waals surface area contributed by atoms with Gasteiger partial charge in [-0.15, -0.1) is 0 Å². The Morgan fingerprint density at radius 1 is 1.00 bits per heavy atom. The molecule has 1 saturated carbocycles. The molecular weight excluding hydrogens is 405 g/mol. The number of benzene rings is 2. The van der Waals surface area contributed by atoms with Gasteiger partial charge in [-0.2, -0.15) is 0 Å². The van der Waals surface area contributed by atoms with E-state index in [1.165, 1.54) is 25.3 Å². The molecule has 32 heavy (non-hydrogen) atoms. The summed E-state index contributed by atoms with van der Waals surface area (Å²) in [6.45, 7) is 0. The van der Waals surface area contributed by atoms with Gasteiger partial charge < -0.3 is 10.4 Å². The third-order valence-electron chi connectivity index (χ3n) is 6.52. The van der Waals surface area contributed by atoms with E-state index < -0.39 is 0 Å². The van der Waals surface area contributed by atoms with Crippen LogP contribution >= 0.6 is 0 Å². The highest BCUT2D eigenvalue weighted by molar-refractivity contribution is 5.94. The zero-order valence-corrected chi connectivity index (χ0v) is 17.9. The number of rotatable bonds is 4. The Morgan fingerprint density at radius 3 is 2.56 bits per heavy atom. The van der Waals surface area contributed by atoms with Gasteiger partial charge in [-0.3, -0.25) is 4.79 Å². The number of fused-ring (bicyclic) bond motifs is 3. The first-order chi connectivity index (χ1) is 15.6. The minimum absolute atomic E-state index is 0.0375. The summed E-state index contributed by atoms with van der Waals surface area (Å²) in [6, 6.07) is 11.4. The molecule has 3 aromatic rings. The molecule has 5 nitrogen and oxygen atoms in total. The van der Waals surface area contributed by atoms with Crippen molar-refractivity contribution in [3.8, 4) is 28.3 Å². The summed E-state index contributed by atoms with van der Waals surface area (Å²) in [5, 5.41) is 12.7. The quantitative estimate of drug-likeness (QED) is 0.559. The fourth-order valence-electron chi connectivity index (χ4n) is 4.86. The Morgan fingerprint density at radius 2 is 1.78 bits per heavy atom. The molecule has 0 radical (unpaired) electrons. The molecule has 2 N–H and O–H groups in total. The molecule has 1 fully saturated rings. The number of phenols is 1. The average Bonchev–Trinajstić information content (AvgIpc) is 2.79. The van der Waals surface area contributed by atoms with Gasteiger partial charge in [-0.1, -0.05) is 19.3 Å². The Hall–Kier alpha value is -3.28. The van der Waals surface area contributed by atoms with Gasteiger partial charge >= 0.3 is 0 Å². The highest BCUT2D eigenvalue weighted by Crippen LogP contribution is 2.36. The first-order valence-corrected chi connectivity index (χ1v) is 11.4. The number of carbonyl (C=O) groups excluding carboxylic acids is 1. The average molecular weight is 432 g/mol. The van der Waals surface area contributed by atoms with E-state index in [1.54, 1.807) is 36.4 Å². The van der Waals surface area contributed by atoms with Crippen LogP contribution in [0.5, 0.6) is 5.75 Å². The molecule has 2 aromatic carbocycles. The van der Waals surface area contributed by atoms with Crippen LogP contribution < -0.4 is 5.32 Å². The van der Waals surface area contributed by atoms with Crippen molar-refractivity contribution in [2.24, 2.45) is 5.92 Å². The van der Waals surface area contributed by atoms with Crippen LogP contribution in [0.2, 0.25) is 0 Å². The van der Waals surface area contributed by atoms with Gasteiger partial charge in [-0.25, -0.2) is 14.4 Å². The number of aryl methyl sites for hydroxylation is 2. The number of phenolic OH excluding ortho intramolecular Hbond substituents is 1. The van der Waals surface area contributed by atoms with Gasteiger partial charge in [0.05, 0.1) is 11.4 Å². The van der Waals surface area contributed by atoms with Crippen LogP contribution in [0.25, 0.3) is 22.5 Å². The van der Waals surface area contributed by atoms with Crippen LogP contribution in [0.15, 0.2) is 42.5 Å². The number of anilines is 1. The Balaban J connectivity index is 1.53. The largest absolute Gasteiger partial charge is 0.508 e. The second kappa shape index (κ2) is 8.69. The normalized spacial score (nSPS) is 15.7. The standard InChI is InChI=1S/C26H26FN3O2/c27-19-9-12-21-18(15-19)8-13-22-25(21)30-24(17-6-10-20(31)11-7-17)26(28-22)29-23(32)14-16-4-2-1-3-5-16/h6-7,9-12,15-16,31H,1-5,8,13-14H2,(H,28,29,32). The molecule has 0 atom stereocenters. The van der Waals surface area contributed by atoms with Crippen molar-refractivity contribution in [1.82, 2.24) is 9.97 Å². The molecule has 0 unspecified atom stereocenters. The smallest absolute Gasteiger partial charge is 0.225 e. The second-order valence-electron chi connectivity index (χ2n) is 8.82. The SMILES string of the molecule is O=C(CC1CCCCC1)Nc1nc2c(nc1-c1ccc(O)cc1)-c1ccc(F)cc1CC2. The van der Waals surface area contributed by atoms with Crippen LogP contribution in [0.3, 0.4) is 0 Å². The summed E-state index contributed by atoms with van der Waals surface area (Å²) in [6.07, 6.45) is 7.65. The van der Waals surface area contributed by atoms with Crippen LogP contribution in [-0.4, -0.2) is 21.0 Å². The van der Waals surface area contributed by atoms with Crippen LogP contribution in [-0.2, 0) is 17.6 Å². The molecule has 0 spiro atoms. The minimum Gasteiger partial charge on any atom is -0.508 e. The van der Waals surface area contributed by atoms with E-state index in [-0.39, 0.29) is 17.5 Å². The molecule has 6 heteroatoms. The van der Waals surface area contributed by atoms with E-state index in [0.29, 0.717) is 36.7 Å². The molecule has 2 aliphatic carbocycles. The van der Waals surface area contributed by atoms with Crippen molar-refractivity contribution in [2.45, 2.75) is 51.4 Å². The highest BCUT2D eigenvalue weighted by Gasteiger charge is 2.24. The number of halogens is 1. The number of nitrogens with zero attached hydrogens (tertiary/aromatic N) is 2. The third-order valence-corrected chi connectivity index (χ3v) is 6.52. The van der Waals surface area contributed by atoms with E-state index in [0.717, 1.165) is 40.9 Å². The maximum atomic E-state index is 13.7. The lowest BCUT2D eigenvalue weighted by atomic mass is 9.87. The summed E-state index contributed by atoms with van der Waals surface area (Å²) < 4.78 is 13.7. The number of nitrogens with one attached hydrogen (secondary N) is 1. The van der Waals surface area contributed by atoms with Gasteiger partial charge in [0, 0.05) is 17.5 Å². The van der Waals surface area contributed by atoms with Gasteiger partial charge in [0.15, 0.2) is 5.82 Å². The lowest BCUT2D eigenvalue weighted by molar-refractivity contribution is -0.117. The van der Waals surface area contributed by atoms with Crippen LogP contribution in [0.1, 0.15) is 49.8 Å². The number of aromatic hydroxyl groups is 1. The molecule has 1 amide bonds. The summed E-state index contributed by atoms with van der Waals surface area (Å²) in [7, 11) is 0. The summed E-state index contributed by atoms with van der Waals surface area (Å²) >= 11 is 0. The maximum Gasteiger partial charge on any atom is 0.225 e. The number of amides is 1. The summed E-state index contributed by atoms with van der Waals surface area (Å²) in [4.78, 5) is 22.6. The second-order valence-corrected chi connectivity index (χ2v) is 8.82. The predicted octanol–water partition coefficient (Wildman–Crippen LogP) is 5.66. The Labute approximate surface area is 186 Å².